The monoisotopic (exact) mass is 142 g/mol. The summed E-state index contributed by atoms with van der Waals surface area (Å²) in [5.41, 5.74) is 2.12. The zero-order valence-electron chi connectivity index (χ0n) is 5.89. The van der Waals surface area contributed by atoms with Crippen LogP contribution in [0, 0.1) is 11.3 Å². The lowest BCUT2D eigenvalue weighted by atomic mass is 10.5. The summed E-state index contributed by atoms with van der Waals surface area (Å²) in [7, 11) is 0. The average molecular weight is 142 g/mol. The Morgan fingerprint density at radius 3 is 3.00 bits per heavy atom. The number of hydroxylamine groups is 1. The van der Waals surface area contributed by atoms with Crippen LogP contribution in [0.1, 0.15) is 19.8 Å². The smallest absolute Gasteiger partial charge is 0.257 e. The highest BCUT2D eigenvalue weighted by Gasteiger charge is 1.96. The maximum atomic E-state index is 10.5. The van der Waals surface area contributed by atoms with Gasteiger partial charge in [0.15, 0.2) is 0 Å². The van der Waals surface area contributed by atoms with Gasteiger partial charge in [-0.1, -0.05) is 6.92 Å². The predicted octanol–water partition coefficient (Wildman–Crippen LogP) is 0.358. The predicted molar refractivity (Wildman–Crippen MR) is 34.6 cm³/mol. The number of nitrogens with one attached hydrogen (secondary N) is 1. The number of nitriles is 1. The summed E-state index contributed by atoms with van der Waals surface area (Å²) in [4.78, 5) is 15.1. The van der Waals surface area contributed by atoms with E-state index < -0.39 is 5.91 Å². The van der Waals surface area contributed by atoms with Crippen molar-refractivity contribution in [2.75, 3.05) is 6.61 Å². The molecule has 4 nitrogen and oxygen atoms in total. The van der Waals surface area contributed by atoms with Gasteiger partial charge in [-0.3, -0.25) is 9.63 Å². The second kappa shape index (κ2) is 6.05. The second-order valence-electron chi connectivity index (χ2n) is 1.71. The number of nitrogens with zero attached hydrogens (tertiary/aromatic N) is 1. The first-order chi connectivity index (χ1) is 4.81. The van der Waals surface area contributed by atoms with Crippen LogP contribution in [0.3, 0.4) is 0 Å². The fourth-order valence-electron chi connectivity index (χ4n) is 0.341. The van der Waals surface area contributed by atoms with Gasteiger partial charge >= 0.3 is 0 Å². The van der Waals surface area contributed by atoms with Crippen LogP contribution in [0.25, 0.3) is 0 Å². The standard InChI is InChI=1S/C6H10N2O2/c1-2-5-10-8-6(9)3-4-7/h2-3,5H2,1H3,(H,8,9). The van der Waals surface area contributed by atoms with E-state index >= 15 is 0 Å². The van der Waals surface area contributed by atoms with Gasteiger partial charge in [0, 0.05) is 0 Å². The van der Waals surface area contributed by atoms with Gasteiger partial charge in [0.05, 0.1) is 12.7 Å². The molecule has 0 aliphatic carbocycles. The van der Waals surface area contributed by atoms with Crippen molar-refractivity contribution in [3.05, 3.63) is 0 Å². The third kappa shape index (κ3) is 5.06. The number of carbonyl (C=O) groups is 1. The second-order valence-corrected chi connectivity index (χ2v) is 1.71. The summed E-state index contributed by atoms with van der Waals surface area (Å²) in [6.45, 7) is 2.41. The Labute approximate surface area is 59.7 Å². The number of hydrogen-bond donors (Lipinski definition) is 1. The Hall–Kier alpha value is -1.08. The molecule has 10 heavy (non-hydrogen) atoms. The van der Waals surface area contributed by atoms with Gasteiger partial charge in [-0.15, -0.1) is 0 Å². The average Bonchev–Trinajstić information content (AvgIpc) is 1.89. The van der Waals surface area contributed by atoms with Crippen molar-refractivity contribution in [1.29, 1.82) is 5.26 Å². The molecule has 0 radical (unpaired) electrons. The Bertz CT molecular complexity index is 139. The Balaban J connectivity index is 3.15. The van der Waals surface area contributed by atoms with E-state index in [2.05, 4.69) is 10.3 Å². The Kier molecular flexibility index (Phi) is 5.39. The maximum absolute atomic E-state index is 10.5. The summed E-state index contributed by atoms with van der Waals surface area (Å²) in [6, 6.07) is 1.70. The van der Waals surface area contributed by atoms with Crippen molar-refractivity contribution in [2.45, 2.75) is 19.8 Å². The summed E-state index contributed by atoms with van der Waals surface area (Å²) in [5.74, 6) is -0.393. The van der Waals surface area contributed by atoms with Crippen molar-refractivity contribution < 1.29 is 9.63 Å². The molecule has 0 aliphatic heterocycles. The fourth-order valence-corrected chi connectivity index (χ4v) is 0.341. The molecule has 0 saturated carbocycles. The molecule has 4 heteroatoms. The van der Waals surface area contributed by atoms with Crippen LogP contribution in [0.2, 0.25) is 0 Å². The summed E-state index contributed by atoms with van der Waals surface area (Å²) in [6.07, 6.45) is 0.691. The molecule has 0 fully saturated rings. The normalized spacial score (nSPS) is 8.40. The van der Waals surface area contributed by atoms with Crippen molar-refractivity contribution in [2.24, 2.45) is 0 Å². The van der Waals surface area contributed by atoms with Crippen molar-refractivity contribution in [3.8, 4) is 6.07 Å². The van der Waals surface area contributed by atoms with E-state index in [1.54, 1.807) is 6.07 Å². The molecule has 1 amide bonds. The SMILES string of the molecule is CCCONC(=O)CC#N. The lowest BCUT2D eigenvalue weighted by Gasteiger charge is -1.99. The zero-order valence-corrected chi connectivity index (χ0v) is 5.89. The van der Waals surface area contributed by atoms with Gasteiger partial charge in [0.25, 0.3) is 5.91 Å². The van der Waals surface area contributed by atoms with E-state index in [9.17, 15) is 4.79 Å². The molecule has 0 atom stereocenters. The quantitative estimate of drug-likeness (QED) is 0.455. The first kappa shape index (κ1) is 8.92. The van der Waals surface area contributed by atoms with E-state index in [1.165, 1.54) is 0 Å². The van der Waals surface area contributed by atoms with E-state index in [4.69, 9.17) is 5.26 Å². The van der Waals surface area contributed by atoms with Gasteiger partial charge in [-0.2, -0.15) is 5.26 Å². The van der Waals surface area contributed by atoms with Crippen LogP contribution in [-0.4, -0.2) is 12.5 Å². The summed E-state index contributed by atoms with van der Waals surface area (Å²) >= 11 is 0. The van der Waals surface area contributed by atoms with E-state index in [0.29, 0.717) is 6.61 Å². The number of hydrogen-bond acceptors (Lipinski definition) is 3. The molecule has 56 valence electrons. The van der Waals surface area contributed by atoms with Crippen LogP contribution >= 0.6 is 0 Å². The highest BCUT2D eigenvalue weighted by atomic mass is 16.6. The van der Waals surface area contributed by atoms with Crippen LogP contribution in [0.4, 0.5) is 0 Å². The molecule has 1 N–H and O–H groups in total. The lowest BCUT2D eigenvalue weighted by molar-refractivity contribution is -0.132. The number of carbonyl (C=O) groups excluding carboxylic acids is 1. The third-order valence-corrected chi connectivity index (χ3v) is 0.732. The lowest BCUT2D eigenvalue weighted by Crippen LogP contribution is -2.23. The largest absolute Gasteiger partial charge is 0.274 e. The minimum Gasteiger partial charge on any atom is -0.274 e. The summed E-state index contributed by atoms with van der Waals surface area (Å²) < 4.78 is 0. The first-order valence-electron chi connectivity index (χ1n) is 3.08. The molecule has 0 aliphatic rings. The molecule has 0 aromatic heterocycles. The van der Waals surface area contributed by atoms with Crippen LogP contribution in [0.15, 0.2) is 0 Å². The molecule has 0 saturated heterocycles. The number of amides is 1. The molecule has 0 unspecified atom stereocenters. The van der Waals surface area contributed by atoms with E-state index in [1.807, 2.05) is 6.92 Å². The van der Waals surface area contributed by atoms with Crippen molar-refractivity contribution >= 4 is 5.91 Å². The topological polar surface area (TPSA) is 62.1 Å². The van der Waals surface area contributed by atoms with Crippen LogP contribution in [-0.2, 0) is 9.63 Å². The van der Waals surface area contributed by atoms with Crippen molar-refractivity contribution in [1.82, 2.24) is 5.48 Å². The third-order valence-electron chi connectivity index (χ3n) is 0.732. The minimum atomic E-state index is -0.393. The Morgan fingerprint density at radius 2 is 2.50 bits per heavy atom. The van der Waals surface area contributed by atoms with Gasteiger partial charge in [0.1, 0.15) is 6.42 Å². The number of rotatable bonds is 4. The highest BCUT2D eigenvalue weighted by molar-refractivity contribution is 5.76. The fraction of sp³-hybridized carbons (Fsp3) is 0.667. The molecule has 0 aromatic rings. The molecular weight excluding hydrogens is 132 g/mol. The summed E-state index contributed by atoms with van der Waals surface area (Å²) in [5, 5.41) is 8.03. The minimum absolute atomic E-state index is 0.149. The van der Waals surface area contributed by atoms with E-state index in [0.717, 1.165) is 6.42 Å². The Morgan fingerprint density at radius 1 is 1.80 bits per heavy atom. The maximum Gasteiger partial charge on any atom is 0.257 e. The zero-order chi connectivity index (χ0) is 7.82. The molecule has 0 heterocycles. The highest BCUT2D eigenvalue weighted by Crippen LogP contribution is 1.78. The van der Waals surface area contributed by atoms with Gasteiger partial charge in [0.2, 0.25) is 0 Å². The van der Waals surface area contributed by atoms with Crippen molar-refractivity contribution in [3.63, 3.8) is 0 Å². The molecular formula is C6H10N2O2. The molecule has 0 aromatic carbocycles. The van der Waals surface area contributed by atoms with Gasteiger partial charge in [-0.25, -0.2) is 5.48 Å². The molecule has 0 spiro atoms. The molecule has 0 bridgehead atoms. The molecule has 0 rings (SSSR count). The van der Waals surface area contributed by atoms with Gasteiger partial charge in [-0.05, 0) is 6.42 Å². The van der Waals surface area contributed by atoms with Gasteiger partial charge < -0.3 is 0 Å². The van der Waals surface area contributed by atoms with Crippen LogP contribution in [0.5, 0.6) is 0 Å². The van der Waals surface area contributed by atoms with E-state index in [-0.39, 0.29) is 6.42 Å². The first-order valence-corrected chi connectivity index (χ1v) is 3.08. The van der Waals surface area contributed by atoms with Crippen LogP contribution < -0.4 is 5.48 Å².